The van der Waals surface area contributed by atoms with Crippen LogP contribution in [0.1, 0.15) is 17.5 Å². The predicted molar refractivity (Wildman–Crippen MR) is 159 cm³/mol. The first-order valence-corrected chi connectivity index (χ1v) is 15.2. The first-order valence-electron chi connectivity index (χ1n) is 12.6. The Hall–Kier alpha value is -3.57. The first kappa shape index (κ1) is 31.0. The summed E-state index contributed by atoms with van der Waals surface area (Å²) < 4.78 is 50.2. The van der Waals surface area contributed by atoms with Crippen LogP contribution in [0, 0.1) is 6.92 Å². The minimum atomic E-state index is -4.24. The van der Waals surface area contributed by atoms with Gasteiger partial charge < -0.3 is 24.3 Å². The quantitative estimate of drug-likeness (QED) is 0.256. The Morgan fingerprint density at radius 2 is 1.57 bits per heavy atom. The number of hydrogen-bond donors (Lipinski definition) is 1. The van der Waals surface area contributed by atoms with Crippen LogP contribution < -0.4 is 28.6 Å². The summed E-state index contributed by atoms with van der Waals surface area (Å²) in [7, 11) is 1.55. The molecule has 11 heteroatoms. The lowest BCUT2D eigenvalue weighted by Crippen LogP contribution is -2.41. The zero-order valence-electron chi connectivity index (χ0n) is 23.4. The van der Waals surface area contributed by atoms with E-state index in [4.69, 9.17) is 18.9 Å². The van der Waals surface area contributed by atoms with E-state index in [1.54, 1.807) is 23.9 Å². The molecule has 0 fully saturated rings. The SMILES string of the molecule is COc1ccc(OC)c(N(CC(=O)NCCCSCc2ccccc2C)S(=O)(=O)c2ccc(OC)c(OC)c2)c1. The number of thioether (sulfide) groups is 1. The number of carbonyl (C=O) groups is 1. The van der Waals surface area contributed by atoms with Gasteiger partial charge in [0, 0.05) is 24.4 Å². The smallest absolute Gasteiger partial charge is 0.265 e. The molecule has 0 bridgehead atoms. The van der Waals surface area contributed by atoms with Gasteiger partial charge in [-0.05, 0) is 54.5 Å². The van der Waals surface area contributed by atoms with E-state index >= 15 is 0 Å². The monoisotopic (exact) mass is 588 g/mol. The molecule has 3 rings (SSSR count). The standard InChI is InChI=1S/C29H36N2O7S2/c1-21-9-6-7-10-22(21)20-39-16-8-15-30-29(32)19-31(25-17-23(35-2)11-13-26(25)36-3)40(33,34)24-12-14-27(37-4)28(18-24)38-5/h6-7,9-14,17-18H,8,15-16,19-20H2,1-5H3,(H,30,32). The van der Waals surface area contributed by atoms with Crippen LogP contribution in [0.4, 0.5) is 5.69 Å². The molecule has 0 aromatic heterocycles. The van der Waals surface area contributed by atoms with Gasteiger partial charge in [-0.15, -0.1) is 0 Å². The highest BCUT2D eigenvalue weighted by Gasteiger charge is 2.31. The van der Waals surface area contributed by atoms with Gasteiger partial charge >= 0.3 is 0 Å². The van der Waals surface area contributed by atoms with Crippen molar-refractivity contribution in [2.75, 3.05) is 51.6 Å². The molecule has 3 aromatic carbocycles. The number of hydrogen-bond acceptors (Lipinski definition) is 8. The second-order valence-electron chi connectivity index (χ2n) is 8.75. The van der Waals surface area contributed by atoms with Gasteiger partial charge in [0.2, 0.25) is 5.91 Å². The predicted octanol–water partition coefficient (Wildman–Crippen LogP) is 4.66. The van der Waals surface area contributed by atoms with E-state index < -0.39 is 22.5 Å². The molecule has 0 radical (unpaired) electrons. The fourth-order valence-corrected chi connectivity index (χ4v) is 6.41. The Labute approximate surface area is 240 Å². The third-order valence-electron chi connectivity index (χ3n) is 6.19. The van der Waals surface area contributed by atoms with Gasteiger partial charge in [-0.1, -0.05) is 24.3 Å². The number of nitrogens with zero attached hydrogens (tertiary/aromatic N) is 1. The van der Waals surface area contributed by atoms with Gasteiger partial charge in [-0.3, -0.25) is 9.10 Å². The minimum Gasteiger partial charge on any atom is -0.497 e. The number of sulfonamides is 1. The Kier molecular flexibility index (Phi) is 11.4. The lowest BCUT2D eigenvalue weighted by atomic mass is 10.1. The van der Waals surface area contributed by atoms with Gasteiger partial charge in [-0.2, -0.15) is 11.8 Å². The molecule has 0 aliphatic carbocycles. The fraction of sp³-hybridized carbons (Fsp3) is 0.345. The molecule has 0 saturated heterocycles. The van der Waals surface area contributed by atoms with E-state index in [1.807, 2.05) is 12.1 Å². The Balaban J connectivity index is 1.77. The molecule has 9 nitrogen and oxygen atoms in total. The van der Waals surface area contributed by atoms with E-state index in [9.17, 15) is 13.2 Å². The molecule has 0 saturated carbocycles. The number of rotatable bonds is 15. The summed E-state index contributed by atoms with van der Waals surface area (Å²) in [6.07, 6.45) is 0.743. The van der Waals surface area contributed by atoms with E-state index in [0.29, 0.717) is 18.0 Å². The van der Waals surface area contributed by atoms with Crippen molar-refractivity contribution in [3.63, 3.8) is 0 Å². The largest absolute Gasteiger partial charge is 0.497 e. The highest BCUT2D eigenvalue weighted by Crippen LogP contribution is 2.37. The molecule has 0 aliphatic rings. The highest BCUT2D eigenvalue weighted by molar-refractivity contribution is 7.98. The van der Waals surface area contributed by atoms with Crippen LogP contribution in [0.2, 0.25) is 0 Å². The number of anilines is 1. The second-order valence-corrected chi connectivity index (χ2v) is 11.7. The van der Waals surface area contributed by atoms with Crippen molar-refractivity contribution in [2.24, 2.45) is 0 Å². The molecule has 0 spiro atoms. The zero-order valence-corrected chi connectivity index (χ0v) is 25.1. The van der Waals surface area contributed by atoms with Crippen molar-refractivity contribution >= 4 is 33.4 Å². The minimum absolute atomic E-state index is 0.0737. The number of ether oxygens (including phenoxy) is 4. The molecular formula is C29H36N2O7S2. The van der Waals surface area contributed by atoms with Crippen LogP contribution >= 0.6 is 11.8 Å². The normalized spacial score (nSPS) is 11.0. The van der Waals surface area contributed by atoms with Crippen molar-refractivity contribution in [1.82, 2.24) is 5.32 Å². The van der Waals surface area contributed by atoms with E-state index in [2.05, 4.69) is 24.4 Å². The topological polar surface area (TPSA) is 103 Å². The van der Waals surface area contributed by atoms with Gasteiger partial charge in [-0.25, -0.2) is 8.42 Å². The maximum Gasteiger partial charge on any atom is 0.265 e. The van der Waals surface area contributed by atoms with Crippen molar-refractivity contribution in [2.45, 2.75) is 24.0 Å². The second kappa shape index (κ2) is 14.7. The molecule has 1 N–H and O–H groups in total. The van der Waals surface area contributed by atoms with E-state index in [0.717, 1.165) is 22.2 Å². The molecule has 0 heterocycles. The average Bonchev–Trinajstić information content (AvgIpc) is 2.97. The zero-order chi connectivity index (χ0) is 29.1. The van der Waals surface area contributed by atoms with Crippen molar-refractivity contribution < 1.29 is 32.2 Å². The van der Waals surface area contributed by atoms with Crippen molar-refractivity contribution in [3.8, 4) is 23.0 Å². The first-order chi connectivity index (χ1) is 19.2. The average molecular weight is 589 g/mol. The van der Waals surface area contributed by atoms with Crippen LogP contribution in [-0.2, 0) is 20.6 Å². The molecule has 40 heavy (non-hydrogen) atoms. The van der Waals surface area contributed by atoms with Gasteiger partial charge in [0.25, 0.3) is 10.0 Å². The third kappa shape index (κ3) is 7.76. The summed E-state index contributed by atoms with van der Waals surface area (Å²) in [5.74, 6) is 2.61. The number of amides is 1. The summed E-state index contributed by atoms with van der Waals surface area (Å²) in [5.41, 5.74) is 2.72. The Morgan fingerprint density at radius 3 is 2.25 bits per heavy atom. The lowest BCUT2D eigenvalue weighted by molar-refractivity contribution is -0.119. The van der Waals surface area contributed by atoms with Gasteiger partial charge in [0.15, 0.2) is 11.5 Å². The van der Waals surface area contributed by atoms with Crippen LogP contribution in [0.25, 0.3) is 0 Å². The third-order valence-corrected chi connectivity index (χ3v) is 9.04. The van der Waals surface area contributed by atoms with E-state index in [1.165, 1.54) is 63.8 Å². The number of methoxy groups -OCH3 is 4. The molecule has 0 unspecified atom stereocenters. The summed E-state index contributed by atoms with van der Waals surface area (Å²) in [6.45, 7) is 2.05. The van der Waals surface area contributed by atoms with Gasteiger partial charge in [0.1, 0.15) is 18.0 Å². The number of benzene rings is 3. The summed E-state index contributed by atoms with van der Waals surface area (Å²) in [6, 6.07) is 17.3. The van der Waals surface area contributed by atoms with Crippen molar-refractivity contribution in [3.05, 3.63) is 71.8 Å². The molecular weight excluding hydrogens is 552 g/mol. The molecule has 0 atom stereocenters. The molecule has 3 aromatic rings. The van der Waals surface area contributed by atoms with Crippen LogP contribution in [0.3, 0.4) is 0 Å². The van der Waals surface area contributed by atoms with Crippen molar-refractivity contribution in [1.29, 1.82) is 0 Å². The summed E-state index contributed by atoms with van der Waals surface area (Å²) in [4.78, 5) is 13.0. The van der Waals surface area contributed by atoms with Gasteiger partial charge in [0.05, 0.1) is 39.0 Å². The Bertz CT molecular complexity index is 1400. The van der Waals surface area contributed by atoms with Crippen LogP contribution in [0.15, 0.2) is 65.6 Å². The number of aryl methyl sites for hydroxylation is 1. The molecule has 216 valence electrons. The summed E-state index contributed by atoms with van der Waals surface area (Å²) in [5, 5.41) is 2.85. The van der Waals surface area contributed by atoms with Crippen LogP contribution in [0.5, 0.6) is 23.0 Å². The fourth-order valence-electron chi connectivity index (χ4n) is 3.94. The van der Waals surface area contributed by atoms with E-state index in [-0.39, 0.29) is 22.1 Å². The molecule has 0 aliphatic heterocycles. The maximum atomic E-state index is 13.9. The Morgan fingerprint density at radius 1 is 0.875 bits per heavy atom. The molecule has 1 amide bonds. The number of nitrogens with one attached hydrogen (secondary N) is 1. The maximum absolute atomic E-state index is 13.9. The summed E-state index contributed by atoms with van der Waals surface area (Å²) >= 11 is 1.79. The van der Waals surface area contributed by atoms with Crippen LogP contribution in [-0.4, -0.2) is 61.6 Å². The number of carbonyl (C=O) groups excluding carboxylic acids is 1. The lowest BCUT2D eigenvalue weighted by Gasteiger charge is -2.26. The highest BCUT2D eigenvalue weighted by atomic mass is 32.2.